The Bertz CT molecular complexity index is 1070. The van der Waals surface area contributed by atoms with Gasteiger partial charge in [-0.05, 0) is 36.2 Å². The van der Waals surface area contributed by atoms with E-state index >= 15 is 0 Å². The molecule has 2 aliphatic rings. The van der Waals surface area contributed by atoms with E-state index < -0.39 is 0 Å². The maximum atomic E-state index is 5.96. The lowest BCUT2D eigenvalue weighted by Crippen LogP contribution is -2.44. The smallest absolute Gasteiger partial charge is 0.179 e. The summed E-state index contributed by atoms with van der Waals surface area (Å²) in [6.45, 7) is 2.94. The highest BCUT2D eigenvalue weighted by Gasteiger charge is 2.22. The monoisotopic (exact) mass is 437 g/mol. The molecule has 1 N–H and O–H groups in total. The minimum Gasteiger partial charge on any atom is -0.497 e. The molecule has 8 heteroatoms. The molecule has 0 radical (unpaired) electrons. The molecule has 1 aromatic carbocycles. The van der Waals surface area contributed by atoms with Crippen LogP contribution in [0.4, 0.5) is 0 Å². The summed E-state index contributed by atoms with van der Waals surface area (Å²) in [5.41, 5.74) is 3.08. The maximum Gasteiger partial charge on any atom is 0.179 e. The van der Waals surface area contributed by atoms with Crippen LogP contribution >= 0.6 is 0 Å². The third kappa shape index (κ3) is 4.77. The molecule has 32 heavy (non-hydrogen) atoms. The number of fused-ring (bicyclic) bond motifs is 2. The molecule has 8 nitrogen and oxygen atoms in total. The average Bonchev–Trinajstić information content (AvgIpc) is 2.86. The van der Waals surface area contributed by atoms with Crippen LogP contribution in [0.3, 0.4) is 0 Å². The van der Waals surface area contributed by atoms with Gasteiger partial charge in [0.1, 0.15) is 19.0 Å². The number of aromatic nitrogens is 2. The summed E-state index contributed by atoms with van der Waals surface area (Å²) < 4.78 is 28.4. The van der Waals surface area contributed by atoms with Gasteiger partial charge in [0.25, 0.3) is 0 Å². The number of aryl methyl sites for hydroxylation is 1. The zero-order valence-corrected chi connectivity index (χ0v) is 18.1. The first-order valence-corrected chi connectivity index (χ1v) is 10.9. The molecule has 4 heterocycles. The van der Waals surface area contributed by atoms with Crippen LogP contribution < -0.4 is 19.5 Å². The number of rotatable bonds is 7. The average molecular weight is 437 g/mol. The second kappa shape index (κ2) is 9.68. The third-order valence-corrected chi connectivity index (χ3v) is 5.71. The Balaban J connectivity index is 1.10. The topological polar surface area (TPSA) is 84.0 Å². The first-order valence-electron chi connectivity index (χ1n) is 10.9. The number of benzene rings is 1. The van der Waals surface area contributed by atoms with Crippen molar-refractivity contribution in [2.75, 3.05) is 33.5 Å². The number of nitrogens with zero attached hydrogens (tertiary/aromatic N) is 2. The number of nitrogens with one attached hydrogen (secondary N) is 1. The molecule has 1 saturated heterocycles. The highest BCUT2D eigenvalue weighted by atomic mass is 16.7. The minimum atomic E-state index is -0.214. The molecule has 0 saturated carbocycles. The van der Waals surface area contributed by atoms with E-state index in [1.54, 1.807) is 13.3 Å². The molecular formula is C24H27N3O5. The van der Waals surface area contributed by atoms with Gasteiger partial charge in [-0.25, -0.2) is 0 Å². The van der Waals surface area contributed by atoms with Gasteiger partial charge in [-0.2, -0.15) is 0 Å². The number of hydrogen-bond donors (Lipinski definition) is 1. The molecule has 0 atom stereocenters. The lowest BCUT2D eigenvalue weighted by Gasteiger charge is -2.30. The van der Waals surface area contributed by atoms with Crippen LogP contribution in [0.25, 0.3) is 10.9 Å². The van der Waals surface area contributed by atoms with Crippen molar-refractivity contribution >= 4 is 10.9 Å². The number of pyridine rings is 2. The molecule has 2 aromatic heterocycles. The van der Waals surface area contributed by atoms with E-state index in [1.165, 1.54) is 5.56 Å². The first kappa shape index (κ1) is 20.9. The van der Waals surface area contributed by atoms with Crippen LogP contribution in [0, 0.1) is 0 Å². The van der Waals surface area contributed by atoms with Gasteiger partial charge in [0.05, 0.1) is 43.8 Å². The van der Waals surface area contributed by atoms with Crippen LogP contribution in [0.5, 0.6) is 17.2 Å². The van der Waals surface area contributed by atoms with Crippen LogP contribution in [0.1, 0.15) is 17.7 Å². The van der Waals surface area contributed by atoms with Crippen molar-refractivity contribution in [3.05, 3.63) is 54.0 Å². The Morgan fingerprint density at radius 3 is 2.72 bits per heavy atom. The van der Waals surface area contributed by atoms with E-state index in [0.717, 1.165) is 40.9 Å². The zero-order chi connectivity index (χ0) is 21.8. The fourth-order valence-electron chi connectivity index (χ4n) is 3.96. The van der Waals surface area contributed by atoms with E-state index in [2.05, 4.69) is 21.4 Å². The largest absolute Gasteiger partial charge is 0.497 e. The summed E-state index contributed by atoms with van der Waals surface area (Å²) in [5, 5.41) is 4.55. The quantitative estimate of drug-likeness (QED) is 0.604. The van der Waals surface area contributed by atoms with E-state index in [1.807, 2.05) is 30.5 Å². The van der Waals surface area contributed by atoms with Gasteiger partial charge < -0.3 is 29.0 Å². The van der Waals surface area contributed by atoms with Gasteiger partial charge in [-0.1, -0.05) is 0 Å². The Hall–Kier alpha value is -2.94. The standard InChI is InChI=1S/C24H27N3O5/c1-28-19-3-4-21-20(11-19)16(6-7-25-21)2-5-24-31-14-18(15-32-24)26-12-17-10-22-23(13-27-17)30-9-8-29-22/h3-4,6-7,10-11,13,18,24,26H,2,5,8-9,12,14-15H2,1H3. The lowest BCUT2D eigenvalue weighted by atomic mass is 10.0. The molecule has 2 aliphatic heterocycles. The maximum absolute atomic E-state index is 5.96. The first-order chi connectivity index (χ1) is 15.8. The van der Waals surface area contributed by atoms with Crippen LogP contribution in [-0.4, -0.2) is 55.8 Å². The van der Waals surface area contributed by atoms with Crippen molar-refractivity contribution in [1.82, 2.24) is 15.3 Å². The lowest BCUT2D eigenvalue weighted by molar-refractivity contribution is -0.192. The predicted molar refractivity (Wildman–Crippen MR) is 118 cm³/mol. The van der Waals surface area contributed by atoms with Gasteiger partial charge in [0.2, 0.25) is 0 Å². The third-order valence-electron chi connectivity index (χ3n) is 5.71. The number of methoxy groups -OCH3 is 1. The second-order valence-corrected chi connectivity index (χ2v) is 7.89. The van der Waals surface area contributed by atoms with Gasteiger partial charge in [0.15, 0.2) is 17.8 Å². The Labute approximate surface area is 186 Å². The molecule has 0 bridgehead atoms. The summed E-state index contributed by atoms with van der Waals surface area (Å²) in [6.07, 6.45) is 4.98. The van der Waals surface area contributed by atoms with E-state index in [-0.39, 0.29) is 12.3 Å². The van der Waals surface area contributed by atoms with Crippen molar-refractivity contribution in [3.8, 4) is 17.2 Å². The fraction of sp³-hybridized carbons (Fsp3) is 0.417. The normalized spacial score (nSPS) is 20.3. The summed E-state index contributed by atoms with van der Waals surface area (Å²) in [6, 6.07) is 10.0. The van der Waals surface area contributed by atoms with Gasteiger partial charge in [-0.15, -0.1) is 0 Å². The highest BCUT2D eigenvalue weighted by molar-refractivity contribution is 5.83. The van der Waals surface area contributed by atoms with E-state index in [9.17, 15) is 0 Å². The molecule has 0 aliphatic carbocycles. The SMILES string of the molecule is COc1ccc2nccc(CCC3OCC(NCc4cc5c(cn4)OCCO5)CO3)c2c1. The number of hydrogen-bond acceptors (Lipinski definition) is 8. The predicted octanol–water partition coefficient (Wildman–Crippen LogP) is 2.87. The van der Waals surface area contributed by atoms with Crippen LogP contribution in [0.15, 0.2) is 42.7 Å². The molecule has 168 valence electrons. The summed E-state index contributed by atoms with van der Waals surface area (Å²) in [7, 11) is 1.68. The van der Waals surface area contributed by atoms with Crippen molar-refractivity contribution in [2.24, 2.45) is 0 Å². The van der Waals surface area contributed by atoms with Crippen LogP contribution in [0.2, 0.25) is 0 Å². The minimum absolute atomic E-state index is 0.118. The van der Waals surface area contributed by atoms with Crippen molar-refractivity contribution in [3.63, 3.8) is 0 Å². The molecule has 0 spiro atoms. The van der Waals surface area contributed by atoms with Crippen LogP contribution in [-0.2, 0) is 22.4 Å². The molecule has 0 unspecified atom stereocenters. The van der Waals surface area contributed by atoms with E-state index in [0.29, 0.717) is 38.7 Å². The summed E-state index contributed by atoms with van der Waals surface area (Å²) in [5.74, 6) is 2.28. The van der Waals surface area contributed by atoms with Crippen molar-refractivity contribution in [2.45, 2.75) is 31.7 Å². The summed E-state index contributed by atoms with van der Waals surface area (Å²) in [4.78, 5) is 8.87. The fourth-order valence-corrected chi connectivity index (χ4v) is 3.96. The van der Waals surface area contributed by atoms with Gasteiger partial charge in [-0.3, -0.25) is 9.97 Å². The highest BCUT2D eigenvalue weighted by Crippen LogP contribution is 2.29. The molecule has 3 aromatic rings. The molecule has 1 fully saturated rings. The van der Waals surface area contributed by atoms with Crippen molar-refractivity contribution < 1.29 is 23.7 Å². The second-order valence-electron chi connectivity index (χ2n) is 7.89. The molecule has 0 amide bonds. The van der Waals surface area contributed by atoms with Crippen molar-refractivity contribution in [1.29, 1.82) is 0 Å². The Morgan fingerprint density at radius 1 is 1.03 bits per heavy atom. The Morgan fingerprint density at radius 2 is 1.88 bits per heavy atom. The van der Waals surface area contributed by atoms with Gasteiger partial charge in [0, 0.05) is 30.6 Å². The Kier molecular flexibility index (Phi) is 6.34. The zero-order valence-electron chi connectivity index (χ0n) is 18.1. The summed E-state index contributed by atoms with van der Waals surface area (Å²) >= 11 is 0. The molecule has 5 rings (SSSR count). The van der Waals surface area contributed by atoms with Gasteiger partial charge >= 0.3 is 0 Å². The molecular weight excluding hydrogens is 410 g/mol. The number of ether oxygens (including phenoxy) is 5. The van der Waals surface area contributed by atoms with E-state index in [4.69, 9.17) is 23.7 Å².